The standard InChI is InChI=1S/C16H20N4S/c1-3-20(4-2)14-8-6-13(7-9-14)19-15-10-5-12(11-18-15)16(17)21/h5-11H,3-4H2,1-2H3,(H2,17,21)(H,18,19). The second kappa shape index (κ2) is 7.04. The summed E-state index contributed by atoms with van der Waals surface area (Å²) in [5.41, 5.74) is 8.55. The molecule has 2 aromatic rings. The predicted octanol–water partition coefficient (Wildman–Crippen LogP) is 3.31. The van der Waals surface area contributed by atoms with E-state index in [4.69, 9.17) is 18.0 Å². The van der Waals surface area contributed by atoms with Crippen LogP contribution in [0.15, 0.2) is 42.6 Å². The fraction of sp³-hybridized carbons (Fsp3) is 0.250. The summed E-state index contributed by atoms with van der Waals surface area (Å²) in [4.78, 5) is 6.96. The summed E-state index contributed by atoms with van der Waals surface area (Å²) in [6, 6.07) is 12.1. The van der Waals surface area contributed by atoms with Crippen molar-refractivity contribution in [2.75, 3.05) is 23.3 Å². The van der Waals surface area contributed by atoms with E-state index < -0.39 is 0 Å². The Kier molecular flexibility index (Phi) is 5.11. The van der Waals surface area contributed by atoms with Crippen LogP contribution in [0.3, 0.4) is 0 Å². The molecule has 0 bridgehead atoms. The van der Waals surface area contributed by atoms with Crippen molar-refractivity contribution in [3.05, 3.63) is 48.2 Å². The van der Waals surface area contributed by atoms with Crippen molar-refractivity contribution in [3.63, 3.8) is 0 Å². The Balaban J connectivity index is 2.07. The Morgan fingerprint density at radius 1 is 1.14 bits per heavy atom. The molecule has 0 saturated carbocycles. The number of hydrogen-bond acceptors (Lipinski definition) is 4. The molecular formula is C16H20N4S. The van der Waals surface area contributed by atoms with Gasteiger partial charge in [0.25, 0.3) is 0 Å². The van der Waals surface area contributed by atoms with E-state index in [-0.39, 0.29) is 0 Å². The van der Waals surface area contributed by atoms with Gasteiger partial charge in [0.15, 0.2) is 0 Å². The van der Waals surface area contributed by atoms with Gasteiger partial charge in [-0.25, -0.2) is 4.98 Å². The topological polar surface area (TPSA) is 54.2 Å². The molecule has 4 nitrogen and oxygen atoms in total. The Labute approximate surface area is 131 Å². The van der Waals surface area contributed by atoms with E-state index in [2.05, 4.69) is 53.3 Å². The highest BCUT2D eigenvalue weighted by molar-refractivity contribution is 7.80. The SMILES string of the molecule is CCN(CC)c1ccc(Nc2ccc(C(N)=S)cn2)cc1. The van der Waals surface area contributed by atoms with Crippen LogP contribution < -0.4 is 16.0 Å². The van der Waals surface area contributed by atoms with Gasteiger partial charge in [-0.2, -0.15) is 0 Å². The zero-order valence-corrected chi connectivity index (χ0v) is 13.2. The maximum Gasteiger partial charge on any atom is 0.130 e. The van der Waals surface area contributed by atoms with Crippen LogP contribution in [0.5, 0.6) is 0 Å². The van der Waals surface area contributed by atoms with Gasteiger partial charge in [-0.1, -0.05) is 12.2 Å². The van der Waals surface area contributed by atoms with Gasteiger partial charge in [0, 0.05) is 36.2 Å². The smallest absolute Gasteiger partial charge is 0.130 e. The van der Waals surface area contributed by atoms with Crippen molar-refractivity contribution in [1.82, 2.24) is 4.98 Å². The fourth-order valence-electron chi connectivity index (χ4n) is 2.11. The third-order valence-electron chi connectivity index (χ3n) is 3.32. The number of aromatic nitrogens is 1. The molecule has 2 rings (SSSR count). The molecule has 0 atom stereocenters. The van der Waals surface area contributed by atoms with E-state index in [9.17, 15) is 0 Å². The number of nitrogens with one attached hydrogen (secondary N) is 1. The minimum Gasteiger partial charge on any atom is -0.389 e. The van der Waals surface area contributed by atoms with Crippen LogP contribution in [-0.4, -0.2) is 23.1 Å². The second-order valence-corrected chi connectivity index (χ2v) is 5.08. The summed E-state index contributed by atoms with van der Waals surface area (Å²) in [5.74, 6) is 0.769. The maximum atomic E-state index is 5.55. The number of nitrogens with two attached hydrogens (primary N) is 1. The highest BCUT2D eigenvalue weighted by atomic mass is 32.1. The first kappa shape index (κ1) is 15.3. The molecular weight excluding hydrogens is 280 g/mol. The Morgan fingerprint density at radius 3 is 2.29 bits per heavy atom. The Hall–Kier alpha value is -2.14. The number of rotatable bonds is 6. The number of pyridine rings is 1. The zero-order valence-electron chi connectivity index (χ0n) is 12.3. The largest absolute Gasteiger partial charge is 0.389 e. The highest BCUT2D eigenvalue weighted by Gasteiger charge is 2.02. The van der Waals surface area contributed by atoms with Crippen LogP contribution in [-0.2, 0) is 0 Å². The van der Waals surface area contributed by atoms with E-state index >= 15 is 0 Å². The molecule has 0 aliphatic rings. The molecule has 0 aliphatic heterocycles. The van der Waals surface area contributed by atoms with Gasteiger partial charge in [-0.3, -0.25) is 0 Å². The molecule has 3 N–H and O–H groups in total. The van der Waals surface area contributed by atoms with Crippen molar-refractivity contribution in [3.8, 4) is 0 Å². The maximum absolute atomic E-state index is 5.55. The van der Waals surface area contributed by atoms with Crippen molar-refractivity contribution in [1.29, 1.82) is 0 Å². The van der Waals surface area contributed by atoms with Crippen LogP contribution in [0.4, 0.5) is 17.2 Å². The molecule has 110 valence electrons. The first-order chi connectivity index (χ1) is 10.1. The minimum absolute atomic E-state index is 0.359. The van der Waals surface area contributed by atoms with E-state index in [1.54, 1.807) is 6.20 Å². The number of anilines is 3. The van der Waals surface area contributed by atoms with E-state index in [1.807, 2.05) is 12.1 Å². The summed E-state index contributed by atoms with van der Waals surface area (Å²) >= 11 is 4.91. The fourth-order valence-corrected chi connectivity index (χ4v) is 2.23. The van der Waals surface area contributed by atoms with E-state index in [0.717, 1.165) is 30.2 Å². The van der Waals surface area contributed by atoms with Gasteiger partial charge >= 0.3 is 0 Å². The summed E-state index contributed by atoms with van der Waals surface area (Å²) in [5, 5.41) is 3.26. The predicted molar refractivity (Wildman–Crippen MR) is 93.4 cm³/mol. The van der Waals surface area contributed by atoms with Gasteiger partial charge in [0.1, 0.15) is 10.8 Å². The molecule has 5 heteroatoms. The van der Waals surface area contributed by atoms with Crippen molar-refractivity contribution >= 4 is 34.4 Å². The van der Waals surface area contributed by atoms with E-state index in [0.29, 0.717) is 4.99 Å². The van der Waals surface area contributed by atoms with E-state index in [1.165, 1.54) is 5.69 Å². The lowest BCUT2D eigenvalue weighted by molar-refractivity contribution is 0.866. The average molecular weight is 300 g/mol. The third kappa shape index (κ3) is 3.92. The lowest BCUT2D eigenvalue weighted by Gasteiger charge is -2.21. The number of hydrogen-bond donors (Lipinski definition) is 2. The highest BCUT2D eigenvalue weighted by Crippen LogP contribution is 2.20. The molecule has 1 aromatic heterocycles. The molecule has 0 amide bonds. The number of thiocarbonyl (C=S) groups is 1. The second-order valence-electron chi connectivity index (χ2n) is 4.64. The van der Waals surface area contributed by atoms with Crippen LogP contribution in [0, 0.1) is 0 Å². The van der Waals surface area contributed by atoms with Crippen LogP contribution >= 0.6 is 12.2 Å². The molecule has 0 spiro atoms. The summed E-state index contributed by atoms with van der Waals surface area (Å²) in [6.07, 6.45) is 1.68. The first-order valence-corrected chi connectivity index (χ1v) is 7.42. The molecule has 21 heavy (non-hydrogen) atoms. The van der Waals surface area contributed by atoms with Crippen LogP contribution in [0.2, 0.25) is 0 Å². The van der Waals surface area contributed by atoms with Gasteiger partial charge in [-0.05, 0) is 50.2 Å². The lowest BCUT2D eigenvalue weighted by Crippen LogP contribution is -2.21. The first-order valence-electron chi connectivity index (χ1n) is 7.02. The normalized spacial score (nSPS) is 10.2. The Morgan fingerprint density at radius 2 is 1.81 bits per heavy atom. The molecule has 0 saturated heterocycles. The zero-order chi connectivity index (χ0) is 15.2. The molecule has 0 radical (unpaired) electrons. The number of benzene rings is 1. The Bertz CT molecular complexity index is 589. The minimum atomic E-state index is 0.359. The van der Waals surface area contributed by atoms with Crippen LogP contribution in [0.1, 0.15) is 19.4 Å². The summed E-state index contributed by atoms with van der Waals surface area (Å²) in [7, 11) is 0. The van der Waals surface area contributed by atoms with Crippen molar-refractivity contribution < 1.29 is 0 Å². The van der Waals surface area contributed by atoms with Gasteiger partial charge in [-0.15, -0.1) is 0 Å². The average Bonchev–Trinajstić information content (AvgIpc) is 2.51. The molecule has 0 unspecified atom stereocenters. The third-order valence-corrected chi connectivity index (χ3v) is 3.55. The summed E-state index contributed by atoms with van der Waals surface area (Å²) in [6.45, 7) is 6.32. The summed E-state index contributed by atoms with van der Waals surface area (Å²) < 4.78 is 0. The van der Waals surface area contributed by atoms with Crippen molar-refractivity contribution in [2.24, 2.45) is 5.73 Å². The van der Waals surface area contributed by atoms with Crippen LogP contribution in [0.25, 0.3) is 0 Å². The van der Waals surface area contributed by atoms with Gasteiger partial charge < -0.3 is 16.0 Å². The van der Waals surface area contributed by atoms with Gasteiger partial charge in [0.2, 0.25) is 0 Å². The van der Waals surface area contributed by atoms with Crippen molar-refractivity contribution in [2.45, 2.75) is 13.8 Å². The van der Waals surface area contributed by atoms with Gasteiger partial charge in [0.05, 0.1) is 0 Å². The monoisotopic (exact) mass is 300 g/mol. The molecule has 0 aliphatic carbocycles. The molecule has 1 heterocycles. The number of nitrogens with zero attached hydrogens (tertiary/aromatic N) is 2. The quantitative estimate of drug-likeness (QED) is 0.802. The molecule has 1 aromatic carbocycles. The lowest BCUT2D eigenvalue weighted by atomic mass is 10.2. The molecule has 0 fully saturated rings.